The maximum absolute atomic E-state index is 12.0. The van der Waals surface area contributed by atoms with Crippen molar-refractivity contribution in [3.63, 3.8) is 0 Å². The van der Waals surface area contributed by atoms with Gasteiger partial charge >= 0.3 is 0 Å². The van der Waals surface area contributed by atoms with Gasteiger partial charge in [-0.05, 0) is 18.2 Å². The Labute approximate surface area is 142 Å². The zero-order valence-corrected chi connectivity index (χ0v) is 14.2. The lowest BCUT2D eigenvalue weighted by molar-refractivity contribution is -0.120. The van der Waals surface area contributed by atoms with Crippen LogP contribution in [0.2, 0.25) is 0 Å². The minimum Gasteiger partial charge on any atom is -0.375 e. The minimum atomic E-state index is -0.0963. The van der Waals surface area contributed by atoms with Crippen molar-refractivity contribution in [2.45, 2.75) is 26.4 Å². The number of amides is 2. The fourth-order valence-corrected chi connectivity index (χ4v) is 2.13. The Morgan fingerprint density at radius 3 is 2.61 bits per heavy atom. The maximum atomic E-state index is 12.0. The lowest BCUT2D eigenvalue weighted by Gasteiger charge is -2.23. The molecule has 1 fully saturated rings. The molecule has 7 heteroatoms. The van der Waals surface area contributed by atoms with Crippen molar-refractivity contribution in [3.05, 3.63) is 24.3 Å². The van der Waals surface area contributed by atoms with E-state index in [0.717, 1.165) is 6.54 Å². The predicted octanol–water partition coefficient (Wildman–Crippen LogP) is 2.02. The van der Waals surface area contributed by atoms with Crippen molar-refractivity contribution in [1.29, 1.82) is 0 Å². The Morgan fingerprint density at radius 1 is 1.30 bits per heavy atom. The van der Waals surface area contributed by atoms with Gasteiger partial charge in [0, 0.05) is 30.4 Å². The van der Waals surface area contributed by atoms with E-state index in [1.165, 1.54) is 0 Å². The van der Waals surface area contributed by atoms with Gasteiger partial charge in [0.05, 0.1) is 19.1 Å². The third-order valence-corrected chi connectivity index (χ3v) is 3.36. The highest BCUT2D eigenvalue weighted by Crippen LogP contribution is 2.16. The molecule has 1 aromatic carbocycles. The van der Waals surface area contributed by atoms with Crippen LogP contribution in [0.4, 0.5) is 11.4 Å². The summed E-state index contributed by atoms with van der Waals surface area (Å²) in [6.07, 6.45) is 0.229. The third kappa shape index (κ3) is 6.56. The fraction of sp³-hybridized carbons (Fsp3) is 0.500. The summed E-state index contributed by atoms with van der Waals surface area (Å²) in [5.41, 5.74) is 1.34. The first-order chi connectivity index (χ1) is 10.5. The minimum absolute atomic E-state index is 0. The van der Waals surface area contributed by atoms with Crippen molar-refractivity contribution < 1.29 is 14.3 Å². The van der Waals surface area contributed by atoms with Gasteiger partial charge in [0.1, 0.15) is 0 Å². The smallest absolute Gasteiger partial charge is 0.227 e. The van der Waals surface area contributed by atoms with Crippen LogP contribution in [-0.2, 0) is 14.3 Å². The number of morpholine rings is 1. The van der Waals surface area contributed by atoms with Crippen LogP contribution < -0.4 is 16.0 Å². The summed E-state index contributed by atoms with van der Waals surface area (Å²) < 4.78 is 5.51. The standard InChI is InChI=1S/C16H23N3O3.ClH/c1-11(2)16(21)19-13-5-3-4-12(8-13)18-15(20)9-14-10-17-6-7-22-14;/h3-5,8,11,14,17H,6-7,9-10H2,1-2H3,(H,18,20)(H,19,21);1H. The van der Waals surface area contributed by atoms with E-state index in [-0.39, 0.29) is 36.2 Å². The van der Waals surface area contributed by atoms with Gasteiger partial charge < -0.3 is 20.7 Å². The molecule has 1 aliphatic heterocycles. The van der Waals surface area contributed by atoms with Crippen molar-refractivity contribution in [2.24, 2.45) is 5.92 Å². The summed E-state index contributed by atoms with van der Waals surface area (Å²) in [6, 6.07) is 7.13. The number of rotatable bonds is 5. The third-order valence-electron chi connectivity index (χ3n) is 3.36. The number of ether oxygens (including phenoxy) is 1. The number of nitrogens with one attached hydrogen (secondary N) is 3. The molecule has 0 bridgehead atoms. The number of carbonyl (C=O) groups is 2. The van der Waals surface area contributed by atoms with Gasteiger partial charge in [-0.2, -0.15) is 0 Å². The van der Waals surface area contributed by atoms with Crippen LogP contribution in [0.3, 0.4) is 0 Å². The first kappa shape index (κ1) is 19.4. The van der Waals surface area contributed by atoms with E-state index in [2.05, 4.69) is 16.0 Å². The van der Waals surface area contributed by atoms with Crippen LogP contribution in [0.15, 0.2) is 24.3 Å². The zero-order chi connectivity index (χ0) is 15.9. The second kappa shape index (κ2) is 9.50. The number of hydrogen-bond donors (Lipinski definition) is 3. The highest BCUT2D eigenvalue weighted by molar-refractivity contribution is 5.94. The molecule has 0 aromatic heterocycles. The van der Waals surface area contributed by atoms with Crippen LogP contribution in [-0.4, -0.2) is 37.6 Å². The maximum Gasteiger partial charge on any atom is 0.227 e. The molecular weight excluding hydrogens is 318 g/mol. The molecule has 2 rings (SSSR count). The summed E-state index contributed by atoms with van der Waals surface area (Å²) in [7, 11) is 0. The second-order valence-electron chi connectivity index (χ2n) is 5.67. The second-order valence-corrected chi connectivity index (χ2v) is 5.67. The van der Waals surface area contributed by atoms with Crippen LogP contribution >= 0.6 is 12.4 Å². The molecule has 128 valence electrons. The van der Waals surface area contributed by atoms with E-state index < -0.39 is 0 Å². The predicted molar refractivity (Wildman–Crippen MR) is 93.0 cm³/mol. The summed E-state index contributed by atoms with van der Waals surface area (Å²) in [5.74, 6) is -0.236. The van der Waals surface area contributed by atoms with Gasteiger partial charge in [0.2, 0.25) is 11.8 Å². The first-order valence-electron chi connectivity index (χ1n) is 7.57. The average Bonchev–Trinajstić information content (AvgIpc) is 2.48. The number of anilines is 2. The molecule has 0 aliphatic carbocycles. The van der Waals surface area contributed by atoms with Crippen LogP contribution in [0.25, 0.3) is 0 Å². The molecule has 1 aliphatic rings. The fourth-order valence-electron chi connectivity index (χ4n) is 2.13. The first-order valence-corrected chi connectivity index (χ1v) is 7.57. The average molecular weight is 342 g/mol. The van der Waals surface area contributed by atoms with E-state index in [9.17, 15) is 9.59 Å². The van der Waals surface area contributed by atoms with Gasteiger partial charge in [-0.25, -0.2) is 0 Å². The van der Waals surface area contributed by atoms with Crippen molar-refractivity contribution >= 4 is 35.6 Å². The molecule has 23 heavy (non-hydrogen) atoms. The summed E-state index contributed by atoms with van der Waals surface area (Å²) in [4.78, 5) is 23.7. The Bertz CT molecular complexity index is 531. The molecule has 3 N–H and O–H groups in total. The number of carbonyl (C=O) groups excluding carboxylic acids is 2. The molecule has 2 amide bonds. The number of halogens is 1. The Hall–Kier alpha value is -1.63. The SMILES string of the molecule is CC(C)C(=O)Nc1cccc(NC(=O)CC2CNCCO2)c1.Cl. The molecule has 0 spiro atoms. The largest absolute Gasteiger partial charge is 0.375 e. The molecule has 1 unspecified atom stereocenters. The normalized spacial score (nSPS) is 17.3. The Balaban J connectivity index is 0.00000264. The zero-order valence-electron chi connectivity index (χ0n) is 13.4. The molecular formula is C16H24ClN3O3. The highest BCUT2D eigenvalue weighted by Gasteiger charge is 2.17. The molecule has 1 aromatic rings. The summed E-state index contributed by atoms with van der Waals surface area (Å²) in [5, 5.41) is 8.84. The molecule has 1 saturated heterocycles. The monoisotopic (exact) mass is 341 g/mol. The molecule has 0 radical (unpaired) electrons. The van der Waals surface area contributed by atoms with Crippen molar-refractivity contribution in [3.8, 4) is 0 Å². The molecule has 1 heterocycles. The Morgan fingerprint density at radius 2 is 2.00 bits per heavy atom. The number of benzene rings is 1. The van der Waals surface area contributed by atoms with E-state index in [1.807, 2.05) is 13.8 Å². The van der Waals surface area contributed by atoms with Crippen molar-refractivity contribution in [1.82, 2.24) is 5.32 Å². The summed E-state index contributed by atoms with van der Waals surface area (Å²) in [6.45, 7) is 5.82. The van der Waals surface area contributed by atoms with Crippen LogP contribution in [0.5, 0.6) is 0 Å². The van der Waals surface area contributed by atoms with Crippen molar-refractivity contribution in [2.75, 3.05) is 30.3 Å². The van der Waals surface area contributed by atoms with E-state index in [4.69, 9.17) is 4.74 Å². The van der Waals surface area contributed by atoms with Crippen LogP contribution in [0.1, 0.15) is 20.3 Å². The van der Waals surface area contributed by atoms with Gasteiger partial charge in [-0.3, -0.25) is 9.59 Å². The van der Waals surface area contributed by atoms with E-state index in [0.29, 0.717) is 30.9 Å². The van der Waals surface area contributed by atoms with Crippen LogP contribution in [0, 0.1) is 5.92 Å². The summed E-state index contributed by atoms with van der Waals surface area (Å²) >= 11 is 0. The van der Waals surface area contributed by atoms with Gasteiger partial charge in [0.15, 0.2) is 0 Å². The van der Waals surface area contributed by atoms with E-state index >= 15 is 0 Å². The van der Waals surface area contributed by atoms with Gasteiger partial charge in [-0.1, -0.05) is 19.9 Å². The highest BCUT2D eigenvalue weighted by atomic mass is 35.5. The van der Waals surface area contributed by atoms with Gasteiger partial charge in [0.25, 0.3) is 0 Å². The van der Waals surface area contributed by atoms with Gasteiger partial charge in [-0.15, -0.1) is 12.4 Å². The molecule has 6 nitrogen and oxygen atoms in total. The number of hydrogen-bond acceptors (Lipinski definition) is 4. The molecule has 1 atom stereocenters. The quantitative estimate of drug-likeness (QED) is 0.765. The topological polar surface area (TPSA) is 79.5 Å². The lowest BCUT2D eigenvalue weighted by Crippen LogP contribution is -2.40. The lowest BCUT2D eigenvalue weighted by atomic mass is 10.2. The Kier molecular flexibility index (Phi) is 8.02. The van der Waals surface area contributed by atoms with E-state index in [1.54, 1.807) is 24.3 Å². The molecule has 0 saturated carbocycles.